The predicted octanol–water partition coefficient (Wildman–Crippen LogP) is 1.32. The van der Waals surface area contributed by atoms with E-state index in [0.717, 1.165) is 12.8 Å². The molecule has 11 heavy (non-hydrogen) atoms. The average Bonchev–Trinajstić information content (AvgIpc) is 2.05. The third-order valence-electron chi connectivity index (χ3n) is 2.15. The van der Waals surface area contributed by atoms with Crippen LogP contribution in [-0.4, -0.2) is 17.0 Å². The molecule has 0 aromatic rings. The van der Waals surface area contributed by atoms with E-state index < -0.39 is 0 Å². The summed E-state index contributed by atoms with van der Waals surface area (Å²) in [6.07, 6.45) is 2.93. The van der Waals surface area contributed by atoms with Crippen molar-refractivity contribution in [1.29, 1.82) is 0 Å². The summed E-state index contributed by atoms with van der Waals surface area (Å²) in [5.74, 6) is 0. The molecule has 0 aromatic heterocycles. The van der Waals surface area contributed by atoms with E-state index in [2.05, 4.69) is 4.84 Å². The molecule has 0 heterocycles. The molecule has 1 rings (SSSR count). The quantitative estimate of drug-likeness (QED) is 0.394. The van der Waals surface area contributed by atoms with Crippen molar-refractivity contribution >= 4 is 11.8 Å². The molecule has 1 saturated carbocycles. The van der Waals surface area contributed by atoms with Crippen LogP contribution in [0.4, 0.5) is 0 Å². The summed E-state index contributed by atoms with van der Waals surface area (Å²) in [5, 5.41) is 10.3. The number of halogens is 1. The van der Waals surface area contributed by atoms with Gasteiger partial charge < -0.3 is 0 Å². The molecule has 0 aromatic carbocycles. The monoisotopic (exact) mass is 178 g/mol. The van der Waals surface area contributed by atoms with Crippen LogP contribution in [0.5, 0.6) is 0 Å². The minimum absolute atomic E-state index is 0.190. The number of rotatable bonds is 2. The van der Waals surface area contributed by atoms with Crippen LogP contribution in [-0.2, 0) is 0 Å². The normalized spacial score (nSPS) is 31.7. The molecule has 0 unspecified atom stereocenters. The van der Waals surface area contributed by atoms with E-state index >= 15 is 0 Å². The first-order chi connectivity index (χ1) is 5.24. The van der Waals surface area contributed by atoms with Crippen molar-refractivity contribution in [2.75, 3.05) is 0 Å². The summed E-state index contributed by atoms with van der Waals surface area (Å²) in [7, 11) is 0. The van der Waals surface area contributed by atoms with Gasteiger partial charge in [0.05, 0.1) is 0 Å². The predicted molar refractivity (Wildman–Crippen MR) is 42.0 cm³/mol. The lowest BCUT2D eigenvalue weighted by Gasteiger charge is -2.21. The van der Waals surface area contributed by atoms with Gasteiger partial charge >= 0.3 is 0 Å². The van der Waals surface area contributed by atoms with E-state index in [1.807, 2.05) is 0 Å². The summed E-state index contributed by atoms with van der Waals surface area (Å²) in [6, 6.07) is -0.0656. The van der Waals surface area contributed by atoms with Crippen molar-refractivity contribution in [2.24, 2.45) is 0 Å². The van der Waals surface area contributed by atoms with Gasteiger partial charge in [0, 0.05) is 23.8 Å². The number of nitrogens with one attached hydrogen (secondary N) is 1. The molecule has 0 aliphatic heterocycles. The minimum atomic E-state index is -0.337. The molecule has 5 heteroatoms. The summed E-state index contributed by atoms with van der Waals surface area (Å²) in [6.45, 7) is 0. The summed E-state index contributed by atoms with van der Waals surface area (Å²) in [4.78, 5) is 12.7. The van der Waals surface area contributed by atoms with E-state index in [9.17, 15) is 10.1 Å². The maximum absolute atomic E-state index is 10.3. The Morgan fingerprint density at radius 3 is 2.27 bits per heavy atom. The van der Waals surface area contributed by atoms with Crippen molar-refractivity contribution in [3.05, 3.63) is 10.1 Å². The molecule has 0 amide bonds. The number of hydrogen-bond acceptors (Lipinski definition) is 3. The lowest BCUT2D eigenvalue weighted by Crippen LogP contribution is -2.32. The first-order valence-corrected chi connectivity index (χ1v) is 4.11. The fraction of sp³-hybridized carbons (Fsp3) is 1.00. The molecule has 1 aliphatic rings. The van der Waals surface area contributed by atoms with E-state index in [1.54, 1.807) is 0 Å². The minimum Gasteiger partial charge on any atom is -0.264 e. The molecule has 0 saturated heterocycles. The van der Waals surface area contributed by atoms with Crippen LogP contribution < -0.4 is 4.84 Å². The smallest absolute Gasteiger partial charge is 0.213 e. The van der Waals surface area contributed by atoms with Gasteiger partial charge in [-0.1, -0.05) is 0 Å². The Balaban J connectivity index is 2.30. The summed E-state index contributed by atoms with van der Waals surface area (Å²) in [5.41, 5.74) is 0. The maximum atomic E-state index is 10.3. The van der Waals surface area contributed by atoms with Crippen LogP contribution in [0.2, 0.25) is 0 Å². The van der Waals surface area contributed by atoms with Crippen molar-refractivity contribution in [1.82, 2.24) is 4.84 Å². The highest BCUT2D eigenvalue weighted by Gasteiger charge is 2.27. The Hall–Kier alpha value is -0.350. The van der Waals surface area contributed by atoms with Crippen molar-refractivity contribution < 1.29 is 4.92 Å². The van der Waals surface area contributed by atoms with Crippen molar-refractivity contribution in [3.63, 3.8) is 0 Å². The SMILES string of the molecule is O=[N+]([O-])C1CCC(NCl)CC1. The van der Waals surface area contributed by atoms with Crippen molar-refractivity contribution in [3.8, 4) is 0 Å². The third-order valence-corrected chi connectivity index (χ3v) is 2.46. The van der Waals surface area contributed by atoms with Crippen LogP contribution in [0.3, 0.4) is 0 Å². The van der Waals surface area contributed by atoms with Crippen LogP contribution >= 0.6 is 11.8 Å². The molecular weight excluding hydrogens is 168 g/mol. The first kappa shape index (κ1) is 8.74. The average molecular weight is 179 g/mol. The molecule has 1 N–H and O–H groups in total. The molecule has 0 spiro atoms. The Morgan fingerprint density at radius 2 is 1.91 bits per heavy atom. The molecule has 0 bridgehead atoms. The van der Waals surface area contributed by atoms with Gasteiger partial charge in [-0.2, -0.15) is 0 Å². The molecule has 1 aliphatic carbocycles. The van der Waals surface area contributed by atoms with Gasteiger partial charge in [0.2, 0.25) is 6.04 Å². The lowest BCUT2D eigenvalue weighted by atomic mass is 9.92. The fourth-order valence-electron chi connectivity index (χ4n) is 1.40. The van der Waals surface area contributed by atoms with E-state index in [4.69, 9.17) is 11.8 Å². The second-order valence-electron chi connectivity index (χ2n) is 2.90. The number of hydrogen-bond donors (Lipinski definition) is 1. The fourth-order valence-corrected chi connectivity index (χ4v) is 1.61. The standard InChI is InChI=1S/C6H11ClN2O2/c7-8-5-1-3-6(4-2-5)9(10)11/h5-6,8H,1-4H2. The van der Waals surface area contributed by atoms with E-state index in [1.165, 1.54) is 0 Å². The highest BCUT2D eigenvalue weighted by Crippen LogP contribution is 2.20. The van der Waals surface area contributed by atoms with Gasteiger partial charge in [0.1, 0.15) is 0 Å². The Bertz CT molecular complexity index is 146. The second kappa shape index (κ2) is 3.88. The first-order valence-electron chi connectivity index (χ1n) is 3.73. The number of nitro groups is 1. The molecule has 64 valence electrons. The molecule has 0 atom stereocenters. The topological polar surface area (TPSA) is 55.2 Å². The van der Waals surface area contributed by atoms with Crippen LogP contribution in [0, 0.1) is 10.1 Å². The Kier molecular flexibility index (Phi) is 3.08. The van der Waals surface area contributed by atoms with Gasteiger partial charge in [-0.25, -0.2) is 4.84 Å². The highest BCUT2D eigenvalue weighted by molar-refractivity contribution is 6.13. The molecule has 0 radical (unpaired) electrons. The molecular formula is C6H11ClN2O2. The lowest BCUT2D eigenvalue weighted by molar-refractivity contribution is -0.526. The zero-order chi connectivity index (χ0) is 8.27. The van der Waals surface area contributed by atoms with E-state index in [-0.39, 0.29) is 17.0 Å². The van der Waals surface area contributed by atoms with Gasteiger partial charge in [-0.3, -0.25) is 10.1 Å². The zero-order valence-corrected chi connectivity index (χ0v) is 6.88. The van der Waals surface area contributed by atoms with Gasteiger partial charge in [-0.15, -0.1) is 0 Å². The molecule has 4 nitrogen and oxygen atoms in total. The van der Waals surface area contributed by atoms with Crippen LogP contribution in [0.15, 0.2) is 0 Å². The van der Waals surface area contributed by atoms with Crippen molar-refractivity contribution in [2.45, 2.75) is 37.8 Å². The number of nitrogens with zero attached hydrogens (tertiary/aromatic N) is 1. The summed E-state index contributed by atoms with van der Waals surface area (Å²) >= 11 is 5.39. The van der Waals surface area contributed by atoms with Crippen LogP contribution in [0.25, 0.3) is 0 Å². The van der Waals surface area contributed by atoms with Crippen LogP contribution in [0.1, 0.15) is 25.7 Å². The largest absolute Gasteiger partial charge is 0.264 e. The molecule has 1 fully saturated rings. The second-order valence-corrected chi connectivity index (χ2v) is 3.12. The zero-order valence-electron chi connectivity index (χ0n) is 6.12. The Morgan fingerprint density at radius 1 is 1.36 bits per heavy atom. The maximum Gasteiger partial charge on any atom is 0.213 e. The van der Waals surface area contributed by atoms with Gasteiger partial charge in [-0.05, 0) is 24.6 Å². The van der Waals surface area contributed by atoms with Gasteiger partial charge in [0.25, 0.3) is 0 Å². The highest BCUT2D eigenvalue weighted by atomic mass is 35.5. The summed E-state index contributed by atoms with van der Waals surface area (Å²) < 4.78 is 0. The van der Waals surface area contributed by atoms with E-state index in [0.29, 0.717) is 12.8 Å². The Labute approximate surface area is 70.2 Å². The van der Waals surface area contributed by atoms with Gasteiger partial charge in [0.15, 0.2) is 0 Å². The third kappa shape index (κ3) is 2.31.